The number of rotatable bonds is 11. The van der Waals surface area contributed by atoms with Gasteiger partial charge in [-0.3, -0.25) is 9.52 Å². The second-order valence-electron chi connectivity index (χ2n) is 7.89. The van der Waals surface area contributed by atoms with Crippen LogP contribution in [0, 0.1) is 5.82 Å². The van der Waals surface area contributed by atoms with Crippen molar-refractivity contribution in [1.29, 1.82) is 0 Å². The lowest BCUT2D eigenvalue weighted by atomic mass is 10.1. The number of ether oxygens (including phenoxy) is 3. The third kappa shape index (κ3) is 6.93. The molecule has 3 aromatic carbocycles. The van der Waals surface area contributed by atoms with Crippen LogP contribution in [0.25, 0.3) is 0 Å². The molecule has 35 heavy (non-hydrogen) atoms. The molecule has 10 heteroatoms. The van der Waals surface area contributed by atoms with Gasteiger partial charge in [0, 0.05) is 18.3 Å². The van der Waals surface area contributed by atoms with Crippen molar-refractivity contribution in [1.82, 2.24) is 5.32 Å². The number of sulfonamides is 1. The Labute approximate surface area is 203 Å². The lowest BCUT2D eigenvalue weighted by molar-refractivity contribution is -0.126. The molecule has 0 saturated heterocycles. The lowest BCUT2D eigenvalue weighted by Gasteiger charge is -2.10. The highest BCUT2D eigenvalue weighted by molar-refractivity contribution is 7.92. The van der Waals surface area contributed by atoms with E-state index in [0.29, 0.717) is 36.6 Å². The van der Waals surface area contributed by atoms with Crippen molar-refractivity contribution in [2.75, 3.05) is 24.7 Å². The van der Waals surface area contributed by atoms with Crippen molar-refractivity contribution in [3.8, 4) is 11.5 Å². The number of carbonyl (C=O) groups excluding carboxylic acids is 1. The van der Waals surface area contributed by atoms with Crippen molar-refractivity contribution in [3.05, 3.63) is 83.7 Å². The number of nitrogens with one attached hydrogen (secondary N) is 2. The fourth-order valence-corrected chi connectivity index (χ4v) is 4.48. The molecular formula is C25H25FN2O6S. The van der Waals surface area contributed by atoms with Gasteiger partial charge < -0.3 is 19.5 Å². The summed E-state index contributed by atoms with van der Waals surface area (Å²) in [5.74, 6) is 0.376. The number of hydrogen-bond donors (Lipinski definition) is 2. The summed E-state index contributed by atoms with van der Waals surface area (Å²) < 4.78 is 56.5. The zero-order valence-corrected chi connectivity index (χ0v) is 19.6. The highest BCUT2D eigenvalue weighted by Crippen LogP contribution is 2.34. The van der Waals surface area contributed by atoms with Gasteiger partial charge in [-0.05, 0) is 60.4 Å². The normalized spacial score (nSPS) is 12.4. The molecule has 4 rings (SSSR count). The van der Waals surface area contributed by atoms with E-state index in [1.807, 2.05) is 12.1 Å². The van der Waals surface area contributed by atoms with Gasteiger partial charge in [0.2, 0.25) is 12.7 Å². The molecule has 3 aromatic rings. The van der Waals surface area contributed by atoms with Gasteiger partial charge in [-0.2, -0.15) is 0 Å². The van der Waals surface area contributed by atoms with Gasteiger partial charge in [-0.1, -0.05) is 24.3 Å². The number of hydrogen-bond acceptors (Lipinski definition) is 6. The topological polar surface area (TPSA) is 103 Å². The number of halogens is 1. The Kier molecular flexibility index (Phi) is 7.84. The monoisotopic (exact) mass is 500 g/mol. The van der Waals surface area contributed by atoms with Crippen LogP contribution in [0.3, 0.4) is 0 Å². The lowest BCUT2D eigenvalue weighted by Crippen LogP contribution is -2.28. The molecular weight excluding hydrogens is 475 g/mol. The van der Waals surface area contributed by atoms with Crippen LogP contribution in [0.5, 0.6) is 11.5 Å². The van der Waals surface area contributed by atoms with Crippen LogP contribution in [-0.4, -0.2) is 34.3 Å². The SMILES string of the molecule is O=C(COCc1ccc(F)cc1)NCCCc1ccc(NS(=O)(=O)c2ccc3c(c2)OCO3)cc1. The quantitative estimate of drug-likeness (QED) is 0.390. The molecule has 184 valence electrons. The number of amides is 1. The minimum absolute atomic E-state index is 0.0721. The van der Waals surface area contributed by atoms with E-state index in [2.05, 4.69) is 10.0 Å². The summed E-state index contributed by atoms with van der Waals surface area (Å²) in [6.07, 6.45) is 1.43. The van der Waals surface area contributed by atoms with Crippen molar-refractivity contribution in [2.24, 2.45) is 0 Å². The summed E-state index contributed by atoms with van der Waals surface area (Å²) in [5, 5.41) is 2.79. The second-order valence-corrected chi connectivity index (χ2v) is 9.57. The number of carbonyl (C=O) groups is 1. The van der Waals surface area contributed by atoms with E-state index in [-0.39, 0.29) is 36.6 Å². The van der Waals surface area contributed by atoms with Crippen molar-refractivity contribution < 1.29 is 31.8 Å². The summed E-state index contributed by atoms with van der Waals surface area (Å²) in [7, 11) is -3.77. The van der Waals surface area contributed by atoms with E-state index in [0.717, 1.165) is 11.1 Å². The summed E-state index contributed by atoms with van der Waals surface area (Å²) >= 11 is 0. The maximum atomic E-state index is 12.9. The average molecular weight is 501 g/mol. The van der Waals surface area contributed by atoms with Gasteiger partial charge in [0.1, 0.15) is 12.4 Å². The maximum Gasteiger partial charge on any atom is 0.262 e. The molecule has 0 aromatic heterocycles. The molecule has 0 bridgehead atoms. The molecule has 0 fully saturated rings. The van der Waals surface area contributed by atoms with Crippen molar-refractivity contribution in [3.63, 3.8) is 0 Å². The maximum absolute atomic E-state index is 12.9. The first-order valence-corrected chi connectivity index (χ1v) is 12.5. The Morgan fingerprint density at radius 3 is 2.43 bits per heavy atom. The van der Waals surface area contributed by atoms with Crippen LogP contribution >= 0.6 is 0 Å². The Bertz CT molecular complexity index is 1260. The third-order valence-corrected chi connectivity index (χ3v) is 6.62. The highest BCUT2D eigenvalue weighted by Gasteiger charge is 2.20. The summed E-state index contributed by atoms with van der Waals surface area (Å²) in [6, 6.07) is 17.4. The van der Waals surface area contributed by atoms with E-state index in [1.165, 1.54) is 24.3 Å². The minimum atomic E-state index is -3.77. The van der Waals surface area contributed by atoms with Crippen LogP contribution in [-0.2, 0) is 32.6 Å². The van der Waals surface area contributed by atoms with Gasteiger partial charge in [0.15, 0.2) is 11.5 Å². The van der Waals surface area contributed by atoms with Crippen molar-refractivity contribution in [2.45, 2.75) is 24.3 Å². The smallest absolute Gasteiger partial charge is 0.262 e. The molecule has 0 saturated carbocycles. The molecule has 1 aliphatic rings. The largest absolute Gasteiger partial charge is 0.454 e. The fraction of sp³-hybridized carbons (Fsp3) is 0.240. The van der Waals surface area contributed by atoms with E-state index in [4.69, 9.17) is 14.2 Å². The fourth-order valence-electron chi connectivity index (χ4n) is 3.41. The van der Waals surface area contributed by atoms with Gasteiger partial charge in [0.05, 0.1) is 11.5 Å². The van der Waals surface area contributed by atoms with Crippen LogP contribution < -0.4 is 19.5 Å². The molecule has 1 amide bonds. The standard InChI is InChI=1S/C25H25FN2O6S/c26-20-7-3-19(4-8-20)15-32-16-25(29)27-13-1-2-18-5-9-21(10-6-18)28-35(30,31)22-11-12-23-24(14-22)34-17-33-23/h3-12,14,28H,1-2,13,15-17H2,(H,27,29). The van der Waals surface area contributed by atoms with E-state index in [1.54, 1.807) is 30.3 Å². The average Bonchev–Trinajstić information content (AvgIpc) is 3.32. The Morgan fingerprint density at radius 1 is 0.943 bits per heavy atom. The van der Waals surface area contributed by atoms with Crippen molar-refractivity contribution >= 4 is 21.6 Å². The first-order valence-electron chi connectivity index (χ1n) is 11.0. The summed E-state index contributed by atoms with van der Waals surface area (Å²) in [6.45, 7) is 0.716. The van der Waals surface area contributed by atoms with Gasteiger partial charge in [-0.15, -0.1) is 0 Å². The first-order chi connectivity index (χ1) is 16.9. The molecule has 1 heterocycles. The second kappa shape index (κ2) is 11.2. The van der Waals surface area contributed by atoms with Gasteiger partial charge in [0.25, 0.3) is 10.0 Å². The number of benzene rings is 3. The zero-order chi connectivity index (χ0) is 24.7. The molecule has 0 aliphatic carbocycles. The predicted octanol–water partition coefficient (Wildman–Crippen LogP) is 3.62. The number of fused-ring (bicyclic) bond motifs is 1. The number of aryl methyl sites for hydroxylation is 1. The third-order valence-electron chi connectivity index (χ3n) is 5.24. The molecule has 0 unspecified atom stereocenters. The number of anilines is 1. The minimum Gasteiger partial charge on any atom is -0.454 e. The van der Waals surface area contributed by atoms with Crippen LogP contribution in [0.4, 0.5) is 10.1 Å². The molecule has 8 nitrogen and oxygen atoms in total. The predicted molar refractivity (Wildman–Crippen MR) is 127 cm³/mol. The Balaban J connectivity index is 1.17. The van der Waals surface area contributed by atoms with Gasteiger partial charge >= 0.3 is 0 Å². The van der Waals surface area contributed by atoms with Crippen LogP contribution in [0.2, 0.25) is 0 Å². The zero-order valence-electron chi connectivity index (χ0n) is 18.8. The summed E-state index contributed by atoms with van der Waals surface area (Å²) in [4.78, 5) is 12.0. The Morgan fingerprint density at radius 2 is 1.66 bits per heavy atom. The highest BCUT2D eigenvalue weighted by atomic mass is 32.2. The first kappa shape index (κ1) is 24.5. The van der Waals surface area contributed by atoms with Crippen LogP contribution in [0.1, 0.15) is 17.5 Å². The summed E-state index contributed by atoms with van der Waals surface area (Å²) in [5.41, 5.74) is 2.25. The van der Waals surface area contributed by atoms with E-state index in [9.17, 15) is 17.6 Å². The van der Waals surface area contributed by atoms with E-state index >= 15 is 0 Å². The molecule has 2 N–H and O–H groups in total. The molecule has 0 atom stereocenters. The Hall–Kier alpha value is -3.63. The van der Waals surface area contributed by atoms with E-state index < -0.39 is 10.0 Å². The molecule has 1 aliphatic heterocycles. The van der Waals surface area contributed by atoms with Gasteiger partial charge in [-0.25, -0.2) is 12.8 Å². The molecule has 0 spiro atoms. The molecule has 0 radical (unpaired) electrons. The van der Waals surface area contributed by atoms with Crippen LogP contribution in [0.15, 0.2) is 71.6 Å².